The molecule has 0 aliphatic carbocycles. The minimum absolute atomic E-state index is 0.760. The molecule has 1 fully saturated rings. The minimum atomic E-state index is 0.760. The van der Waals surface area contributed by atoms with Crippen LogP contribution in [0, 0.1) is 0 Å². The molecule has 0 radical (unpaired) electrons. The van der Waals surface area contributed by atoms with Crippen LogP contribution in [-0.2, 0) is 4.74 Å². The maximum Gasteiger partial charge on any atom is 0.227 e. The van der Waals surface area contributed by atoms with Gasteiger partial charge in [0, 0.05) is 25.8 Å². The van der Waals surface area contributed by atoms with Crippen LogP contribution in [0.5, 0.6) is 0 Å². The molecular weight excluding hydrogens is 204 g/mol. The lowest BCUT2D eigenvalue weighted by molar-refractivity contribution is 0.122. The second kappa shape index (κ2) is 5.65. The summed E-state index contributed by atoms with van der Waals surface area (Å²) in [5.41, 5.74) is 0. The van der Waals surface area contributed by atoms with Gasteiger partial charge in [0.15, 0.2) is 0 Å². The van der Waals surface area contributed by atoms with Crippen molar-refractivity contribution in [3.05, 3.63) is 12.3 Å². The Morgan fingerprint density at radius 2 is 2.25 bits per heavy atom. The predicted molar refractivity (Wildman–Crippen MR) is 63.8 cm³/mol. The normalized spacial score (nSPS) is 16.2. The highest BCUT2D eigenvalue weighted by Gasteiger charge is 2.13. The Morgan fingerprint density at radius 3 is 3.00 bits per heavy atom. The lowest BCUT2D eigenvalue weighted by atomic mass is 10.4. The van der Waals surface area contributed by atoms with E-state index in [2.05, 4.69) is 27.1 Å². The van der Waals surface area contributed by atoms with E-state index in [-0.39, 0.29) is 0 Å². The van der Waals surface area contributed by atoms with Crippen molar-refractivity contribution in [3.63, 3.8) is 0 Å². The molecule has 1 aromatic heterocycles. The number of rotatable bonds is 4. The van der Waals surface area contributed by atoms with Crippen molar-refractivity contribution in [2.75, 3.05) is 43.1 Å². The molecule has 0 amide bonds. The smallest absolute Gasteiger partial charge is 0.227 e. The second-order valence-corrected chi connectivity index (χ2v) is 3.77. The molecular formula is C11H18N4O. The first-order chi connectivity index (χ1) is 7.90. The fourth-order valence-corrected chi connectivity index (χ4v) is 1.62. The van der Waals surface area contributed by atoms with Gasteiger partial charge in [0.25, 0.3) is 0 Å². The molecule has 5 heteroatoms. The van der Waals surface area contributed by atoms with Gasteiger partial charge in [-0.1, -0.05) is 6.92 Å². The molecule has 2 rings (SSSR count). The maximum absolute atomic E-state index is 5.30. The molecule has 88 valence electrons. The molecule has 0 aromatic carbocycles. The number of morpholine rings is 1. The van der Waals surface area contributed by atoms with E-state index in [1.807, 2.05) is 6.07 Å². The Morgan fingerprint density at radius 1 is 1.44 bits per heavy atom. The van der Waals surface area contributed by atoms with Crippen molar-refractivity contribution >= 4 is 11.8 Å². The van der Waals surface area contributed by atoms with E-state index in [1.54, 1.807) is 6.20 Å². The van der Waals surface area contributed by atoms with Crippen molar-refractivity contribution in [2.24, 2.45) is 0 Å². The van der Waals surface area contributed by atoms with Crippen LogP contribution in [-0.4, -0.2) is 42.8 Å². The molecule has 16 heavy (non-hydrogen) atoms. The molecule has 1 aromatic rings. The van der Waals surface area contributed by atoms with Gasteiger partial charge in [-0.15, -0.1) is 0 Å². The minimum Gasteiger partial charge on any atom is -0.378 e. The zero-order valence-corrected chi connectivity index (χ0v) is 9.65. The van der Waals surface area contributed by atoms with E-state index >= 15 is 0 Å². The van der Waals surface area contributed by atoms with Gasteiger partial charge >= 0.3 is 0 Å². The number of anilines is 2. The largest absolute Gasteiger partial charge is 0.378 e. The lowest BCUT2D eigenvalue weighted by Gasteiger charge is -2.26. The van der Waals surface area contributed by atoms with E-state index in [0.717, 1.165) is 51.0 Å². The summed E-state index contributed by atoms with van der Waals surface area (Å²) in [7, 11) is 0. The van der Waals surface area contributed by atoms with Crippen molar-refractivity contribution in [1.82, 2.24) is 9.97 Å². The van der Waals surface area contributed by atoms with Gasteiger partial charge in [-0.05, 0) is 12.5 Å². The number of nitrogens with zero attached hydrogens (tertiary/aromatic N) is 3. The number of hydrogen-bond acceptors (Lipinski definition) is 5. The third-order valence-corrected chi connectivity index (χ3v) is 2.49. The average Bonchev–Trinajstić information content (AvgIpc) is 2.38. The molecule has 0 saturated carbocycles. The monoisotopic (exact) mass is 222 g/mol. The fraction of sp³-hybridized carbons (Fsp3) is 0.636. The first-order valence-corrected chi connectivity index (χ1v) is 5.80. The van der Waals surface area contributed by atoms with E-state index < -0.39 is 0 Å². The van der Waals surface area contributed by atoms with Crippen LogP contribution >= 0.6 is 0 Å². The lowest BCUT2D eigenvalue weighted by Crippen LogP contribution is -2.37. The van der Waals surface area contributed by atoms with Gasteiger partial charge in [0.1, 0.15) is 5.82 Å². The van der Waals surface area contributed by atoms with Crippen LogP contribution in [0.1, 0.15) is 13.3 Å². The van der Waals surface area contributed by atoms with E-state index in [1.165, 1.54) is 0 Å². The summed E-state index contributed by atoms with van der Waals surface area (Å²) in [6.07, 6.45) is 2.90. The van der Waals surface area contributed by atoms with Gasteiger partial charge in [-0.25, -0.2) is 4.98 Å². The molecule has 0 atom stereocenters. The zero-order valence-electron chi connectivity index (χ0n) is 9.65. The molecule has 0 unspecified atom stereocenters. The third-order valence-electron chi connectivity index (χ3n) is 2.49. The van der Waals surface area contributed by atoms with Crippen molar-refractivity contribution in [3.8, 4) is 0 Å². The number of aromatic nitrogens is 2. The summed E-state index contributed by atoms with van der Waals surface area (Å²) in [5, 5.41) is 3.26. The molecule has 2 heterocycles. The molecule has 1 saturated heterocycles. The van der Waals surface area contributed by atoms with E-state index in [9.17, 15) is 0 Å². The maximum atomic E-state index is 5.30. The fourth-order valence-electron chi connectivity index (χ4n) is 1.62. The van der Waals surface area contributed by atoms with E-state index in [0.29, 0.717) is 0 Å². The average molecular weight is 222 g/mol. The number of nitrogens with one attached hydrogen (secondary N) is 1. The van der Waals surface area contributed by atoms with Crippen molar-refractivity contribution in [2.45, 2.75) is 13.3 Å². The molecule has 0 bridgehead atoms. The van der Waals surface area contributed by atoms with E-state index in [4.69, 9.17) is 4.74 Å². The Labute approximate surface area is 95.8 Å². The van der Waals surface area contributed by atoms with Crippen LogP contribution in [0.3, 0.4) is 0 Å². The summed E-state index contributed by atoms with van der Waals surface area (Å²) in [4.78, 5) is 10.9. The van der Waals surface area contributed by atoms with Gasteiger partial charge in [0.05, 0.1) is 13.2 Å². The zero-order chi connectivity index (χ0) is 11.2. The van der Waals surface area contributed by atoms with Crippen LogP contribution < -0.4 is 10.2 Å². The highest BCUT2D eigenvalue weighted by atomic mass is 16.5. The first kappa shape index (κ1) is 11.1. The van der Waals surface area contributed by atoms with Gasteiger partial charge in [-0.3, -0.25) is 0 Å². The standard InChI is InChI=1S/C11H18N4O/c1-2-4-12-10-3-5-13-11(14-10)15-6-8-16-9-7-15/h3,5H,2,4,6-9H2,1H3,(H,12,13,14). The molecule has 1 aliphatic heterocycles. The summed E-state index contributed by atoms with van der Waals surface area (Å²) in [6.45, 7) is 6.34. The number of hydrogen-bond donors (Lipinski definition) is 1. The Bertz CT molecular complexity index is 326. The van der Waals surface area contributed by atoms with Gasteiger partial charge in [0.2, 0.25) is 5.95 Å². The quantitative estimate of drug-likeness (QED) is 0.827. The van der Waals surface area contributed by atoms with Gasteiger partial charge in [-0.2, -0.15) is 4.98 Å². The van der Waals surface area contributed by atoms with Crippen LogP contribution in [0.2, 0.25) is 0 Å². The topological polar surface area (TPSA) is 50.3 Å². The number of ether oxygens (including phenoxy) is 1. The highest BCUT2D eigenvalue weighted by molar-refractivity contribution is 5.41. The molecule has 1 N–H and O–H groups in total. The van der Waals surface area contributed by atoms with Crippen molar-refractivity contribution in [1.29, 1.82) is 0 Å². The Balaban J connectivity index is 2.02. The van der Waals surface area contributed by atoms with Gasteiger partial charge < -0.3 is 15.0 Å². The Kier molecular flexibility index (Phi) is 3.93. The summed E-state index contributed by atoms with van der Waals surface area (Å²) < 4.78 is 5.30. The summed E-state index contributed by atoms with van der Waals surface area (Å²) in [6, 6.07) is 1.90. The predicted octanol–water partition coefficient (Wildman–Crippen LogP) is 1.14. The second-order valence-electron chi connectivity index (χ2n) is 3.77. The molecule has 5 nitrogen and oxygen atoms in total. The first-order valence-electron chi connectivity index (χ1n) is 5.80. The Hall–Kier alpha value is -1.36. The third kappa shape index (κ3) is 2.82. The molecule has 0 spiro atoms. The summed E-state index contributed by atoms with van der Waals surface area (Å²) >= 11 is 0. The van der Waals surface area contributed by atoms with Crippen LogP contribution in [0.25, 0.3) is 0 Å². The molecule has 1 aliphatic rings. The highest BCUT2D eigenvalue weighted by Crippen LogP contribution is 2.12. The van der Waals surface area contributed by atoms with Crippen LogP contribution in [0.15, 0.2) is 12.3 Å². The van der Waals surface area contributed by atoms with Crippen molar-refractivity contribution < 1.29 is 4.74 Å². The SMILES string of the molecule is CCCNc1ccnc(N2CCOCC2)n1. The summed E-state index contributed by atoms with van der Waals surface area (Å²) in [5.74, 6) is 1.70. The van der Waals surface area contributed by atoms with Crippen LogP contribution in [0.4, 0.5) is 11.8 Å².